The van der Waals surface area contributed by atoms with Gasteiger partial charge in [-0.2, -0.15) is 0 Å². The average molecular weight is 400 g/mol. The third-order valence-corrected chi connectivity index (χ3v) is 7.18. The van der Waals surface area contributed by atoms with Crippen LogP contribution in [0.2, 0.25) is 0 Å². The molecular weight excluding hydrogens is 370 g/mol. The summed E-state index contributed by atoms with van der Waals surface area (Å²) in [7, 11) is 1.67. The molecule has 1 fully saturated rings. The number of allylic oxidation sites excluding steroid dienone is 2. The molecule has 154 valence electrons. The molecule has 1 aliphatic heterocycles. The SMILES string of the molecule is COc1ccc(N2C(=O)[C@]3(C)C[C@H]4CCCCC4=CC3=C2c2ccc(C)cc2)cc1. The first kappa shape index (κ1) is 19.2. The van der Waals surface area contributed by atoms with Crippen LogP contribution >= 0.6 is 0 Å². The molecule has 30 heavy (non-hydrogen) atoms. The minimum atomic E-state index is -0.467. The highest BCUT2D eigenvalue weighted by Crippen LogP contribution is 2.55. The molecule has 5 rings (SSSR count). The number of amides is 1. The quantitative estimate of drug-likeness (QED) is 0.607. The zero-order valence-electron chi connectivity index (χ0n) is 18.1. The molecule has 3 nitrogen and oxygen atoms in total. The third kappa shape index (κ3) is 2.91. The number of anilines is 1. The van der Waals surface area contributed by atoms with E-state index in [4.69, 9.17) is 4.74 Å². The van der Waals surface area contributed by atoms with Crippen molar-refractivity contribution in [3.8, 4) is 5.75 Å². The van der Waals surface area contributed by atoms with Gasteiger partial charge in [0.2, 0.25) is 5.91 Å². The van der Waals surface area contributed by atoms with E-state index in [9.17, 15) is 4.79 Å². The van der Waals surface area contributed by atoms with E-state index in [2.05, 4.69) is 44.2 Å². The molecule has 2 aromatic rings. The van der Waals surface area contributed by atoms with E-state index in [-0.39, 0.29) is 5.91 Å². The van der Waals surface area contributed by atoms with Gasteiger partial charge < -0.3 is 4.74 Å². The van der Waals surface area contributed by atoms with Gasteiger partial charge in [0.1, 0.15) is 5.75 Å². The van der Waals surface area contributed by atoms with E-state index in [0.29, 0.717) is 5.92 Å². The van der Waals surface area contributed by atoms with Crippen LogP contribution < -0.4 is 9.64 Å². The van der Waals surface area contributed by atoms with E-state index in [0.717, 1.165) is 29.1 Å². The van der Waals surface area contributed by atoms with E-state index in [1.165, 1.54) is 36.8 Å². The fourth-order valence-electron chi connectivity index (χ4n) is 5.45. The van der Waals surface area contributed by atoms with Gasteiger partial charge in [0.25, 0.3) is 0 Å². The lowest BCUT2D eigenvalue weighted by Crippen LogP contribution is -2.38. The van der Waals surface area contributed by atoms with Crippen molar-refractivity contribution in [2.45, 2.75) is 46.0 Å². The highest BCUT2D eigenvalue weighted by molar-refractivity contribution is 6.16. The maximum absolute atomic E-state index is 14.0. The number of rotatable bonds is 3. The summed E-state index contributed by atoms with van der Waals surface area (Å²) in [5, 5.41) is 0. The van der Waals surface area contributed by atoms with Gasteiger partial charge in [-0.05, 0) is 80.9 Å². The molecule has 0 radical (unpaired) electrons. The molecule has 0 saturated heterocycles. The Labute approximate surface area is 179 Å². The second-order valence-corrected chi connectivity index (χ2v) is 9.17. The summed E-state index contributed by atoms with van der Waals surface area (Å²) in [5.41, 5.74) is 6.55. The van der Waals surface area contributed by atoms with Crippen molar-refractivity contribution in [1.29, 1.82) is 0 Å². The smallest absolute Gasteiger partial charge is 0.242 e. The van der Waals surface area contributed by atoms with Crippen LogP contribution in [0.5, 0.6) is 5.75 Å². The molecular formula is C27H29NO2. The number of hydrogen-bond donors (Lipinski definition) is 0. The lowest BCUT2D eigenvalue weighted by atomic mass is 9.65. The number of fused-ring (bicyclic) bond motifs is 2. The van der Waals surface area contributed by atoms with Gasteiger partial charge in [-0.25, -0.2) is 0 Å². The van der Waals surface area contributed by atoms with E-state index >= 15 is 0 Å². The Balaban J connectivity index is 1.71. The number of aryl methyl sites for hydroxylation is 1. The van der Waals surface area contributed by atoms with Gasteiger partial charge in [0, 0.05) is 5.69 Å². The monoisotopic (exact) mass is 399 g/mol. The number of methoxy groups -OCH3 is 1. The minimum Gasteiger partial charge on any atom is -0.497 e. The second-order valence-electron chi connectivity index (χ2n) is 9.17. The molecule has 2 atom stereocenters. The molecule has 0 N–H and O–H groups in total. The van der Waals surface area contributed by atoms with E-state index in [1.807, 2.05) is 29.2 Å². The molecule has 0 spiro atoms. The van der Waals surface area contributed by atoms with Crippen LogP contribution in [-0.2, 0) is 4.79 Å². The topological polar surface area (TPSA) is 29.5 Å². The molecule has 1 heterocycles. The Bertz CT molecular complexity index is 1050. The summed E-state index contributed by atoms with van der Waals surface area (Å²) in [6.07, 6.45) is 8.23. The Hall–Kier alpha value is -2.81. The Morgan fingerprint density at radius 2 is 1.77 bits per heavy atom. The number of hydrogen-bond acceptors (Lipinski definition) is 2. The zero-order valence-corrected chi connectivity index (χ0v) is 18.1. The van der Waals surface area contributed by atoms with Crippen molar-refractivity contribution in [2.75, 3.05) is 12.0 Å². The average Bonchev–Trinajstić information content (AvgIpc) is 2.99. The fourth-order valence-corrected chi connectivity index (χ4v) is 5.45. The van der Waals surface area contributed by atoms with Gasteiger partial charge in [0.15, 0.2) is 0 Å². The summed E-state index contributed by atoms with van der Waals surface area (Å²) in [6, 6.07) is 16.4. The molecule has 0 bridgehead atoms. The molecule has 0 unspecified atom stereocenters. The summed E-state index contributed by atoms with van der Waals surface area (Å²) in [4.78, 5) is 15.9. The second kappa shape index (κ2) is 7.16. The molecule has 3 aliphatic rings. The lowest BCUT2D eigenvalue weighted by molar-refractivity contribution is -0.124. The predicted octanol–water partition coefficient (Wildman–Crippen LogP) is 6.29. The highest BCUT2D eigenvalue weighted by atomic mass is 16.5. The van der Waals surface area contributed by atoms with Crippen LogP contribution in [0.4, 0.5) is 5.69 Å². The number of carbonyl (C=O) groups is 1. The normalized spacial score (nSPS) is 25.7. The minimum absolute atomic E-state index is 0.194. The first-order valence-corrected chi connectivity index (χ1v) is 11.0. The Morgan fingerprint density at radius 1 is 1.03 bits per heavy atom. The summed E-state index contributed by atoms with van der Waals surface area (Å²) >= 11 is 0. The maximum atomic E-state index is 14.0. The van der Waals surface area contributed by atoms with E-state index in [1.54, 1.807) is 12.7 Å². The lowest BCUT2D eigenvalue weighted by Gasteiger charge is -2.38. The van der Waals surface area contributed by atoms with Gasteiger partial charge in [0.05, 0.1) is 18.2 Å². The number of ether oxygens (including phenoxy) is 1. The van der Waals surface area contributed by atoms with Crippen molar-refractivity contribution in [3.63, 3.8) is 0 Å². The largest absolute Gasteiger partial charge is 0.497 e. The van der Waals surface area contributed by atoms with Gasteiger partial charge in [-0.15, -0.1) is 0 Å². The predicted molar refractivity (Wildman–Crippen MR) is 121 cm³/mol. The van der Waals surface area contributed by atoms with Crippen molar-refractivity contribution < 1.29 is 9.53 Å². The number of carbonyl (C=O) groups excluding carboxylic acids is 1. The van der Waals surface area contributed by atoms with Crippen LogP contribution in [0.15, 0.2) is 65.8 Å². The number of benzene rings is 2. The van der Waals surface area contributed by atoms with Gasteiger partial charge in [-0.1, -0.05) is 47.9 Å². The summed E-state index contributed by atoms with van der Waals surface area (Å²) in [5.74, 6) is 1.54. The van der Waals surface area contributed by atoms with Crippen LogP contribution in [0.3, 0.4) is 0 Å². The van der Waals surface area contributed by atoms with Crippen molar-refractivity contribution in [2.24, 2.45) is 11.3 Å². The molecule has 2 aliphatic carbocycles. The maximum Gasteiger partial charge on any atom is 0.242 e. The molecule has 1 saturated carbocycles. The van der Waals surface area contributed by atoms with Crippen LogP contribution in [0.25, 0.3) is 5.70 Å². The highest BCUT2D eigenvalue weighted by Gasteiger charge is 2.52. The van der Waals surface area contributed by atoms with E-state index < -0.39 is 5.41 Å². The van der Waals surface area contributed by atoms with Crippen molar-refractivity contribution >= 4 is 17.3 Å². The summed E-state index contributed by atoms with van der Waals surface area (Å²) in [6.45, 7) is 4.26. The molecule has 2 aromatic carbocycles. The first-order valence-electron chi connectivity index (χ1n) is 11.0. The van der Waals surface area contributed by atoms with Crippen molar-refractivity contribution in [1.82, 2.24) is 0 Å². The number of nitrogens with zero attached hydrogens (tertiary/aromatic N) is 1. The third-order valence-electron chi connectivity index (χ3n) is 7.18. The zero-order chi connectivity index (χ0) is 20.9. The molecule has 3 heteroatoms. The van der Waals surface area contributed by atoms with Crippen LogP contribution in [0.1, 0.15) is 50.2 Å². The summed E-state index contributed by atoms with van der Waals surface area (Å²) < 4.78 is 5.34. The molecule has 1 amide bonds. The van der Waals surface area contributed by atoms with Gasteiger partial charge >= 0.3 is 0 Å². The van der Waals surface area contributed by atoms with Crippen molar-refractivity contribution in [3.05, 3.63) is 76.9 Å². The Morgan fingerprint density at radius 3 is 2.47 bits per heavy atom. The fraction of sp³-hybridized carbons (Fsp3) is 0.370. The van der Waals surface area contributed by atoms with Crippen LogP contribution in [-0.4, -0.2) is 13.0 Å². The van der Waals surface area contributed by atoms with Gasteiger partial charge in [-0.3, -0.25) is 9.69 Å². The first-order chi connectivity index (χ1) is 14.5. The Kier molecular flexibility index (Phi) is 4.57. The van der Waals surface area contributed by atoms with Crippen LogP contribution in [0, 0.1) is 18.3 Å². The molecule has 0 aromatic heterocycles. The standard InChI is InChI=1S/C27H29NO2/c1-18-8-10-19(11-9-18)25-24-16-20-6-4-5-7-21(20)17-27(24,2)26(29)28(25)22-12-14-23(30-3)15-13-22/h8-16,21H,4-7,17H2,1-3H3/t21-,27-/m1/s1.